The molecule has 3 N–H and O–H groups in total. The summed E-state index contributed by atoms with van der Waals surface area (Å²) >= 11 is 0. The van der Waals surface area contributed by atoms with E-state index in [1.807, 2.05) is 13.0 Å². The number of hydrogen-bond acceptors (Lipinski definition) is 4. The Balaban J connectivity index is 2.31. The van der Waals surface area contributed by atoms with Crippen LogP contribution in [-0.4, -0.2) is 33.3 Å². The molecular weight excluding hydrogens is 268 g/mol. The van der Waals surface area contributed by atoms with Crippen LogP contribution in [0, 0.1) is 0 Å². The van der Waals surface area contributed by atoms with Crippen molar-refractivity contribution in [2.45, 2.75) is 32.3 Å². The second-order valence-electron chi connectivity index (χ2n) is 5.48. The summed E-state index contributed by atoms with van der Waals surface area (Å²) in [4.78, 5) is 15.8. The molecule has 0 aliphatic heterocycles. The largest absolute Gasteiger partial charge is 0.478 e. The monoisotopic (exact) mass is 288 g/mol. The van der Waals surface area contributed by atoms with Gasteiger partial charge in [0.25, 0.3) is 0 Å². The average Bonchev–Trinajstić information content (AvgIpc) is 2.44. The maximum atomic E-state index is 11.4. The van der Waals surface area contributed by atoms with E-state index < -0.39 is 11.6 Å². The highest BCUT2D eigenvalue weighted by molar-refractivity contribution is 6.03. The molecule has 1 atom stereocenters. The Kier molecular flexibility index (Phi) is 4.43. The predicted molar refractivity (Wildman–Crippen MR) is 82.7 cm³/mol. The number of nitrogens with one attached hydrogen (secondary N) is 1. The lowest BCUT2D eigenvalue weighted by molar-refractivity contribution is 0.0636. The lowest BCUT2D eigenvalue weighted by Gasteiger charge is -2.23. The fourth-order valence-corrected chi connectivity index (χ4v) is 2.35. The van der Waals surface area contributed by atoms with Crippen molar-refractivity contribution < 1.29 is 15.0 Å². The predicted octanol–water partition coefficient (Wildman–Crippen LogP) is 2.90. The molecule has 0 saturated carbocycles. The van der Waals surface area contributed by atoms with E-state index in [1.54, 1.807) is 25.1 Å². The van der Waals surface area contributed by atoms with Gasteiger partial charge in [-0.25, -0.2) is 9.78 Å². The summed E-state index contributed by atoms with van der Waals surface area (Å²) in [5, 5.41) is 23.1. The van der Waals surface area contributed by atoms with Gasteiger partial charge in [-0.3, -0.25) is 0 Å². The van der Waals surface area contributed by atoms with Crippen LogP contribution in [0.4, 0.5) is 5.82 Å². The smallest absolute Gasteiger partial charge is 0.336 e. The molecule has 5 heteroatoms. The van der Waals surface area contributed by atoms with Crippen LogP contribution >= 0.6 is 0 Å². The van der Waals surface area contributed by atoms with Gasteiger partial charge in [0.2, 0.25) is 0 Å². The number of aromatic carboxylic acids is 1. The third-order valence-electron chi connectivity index (χ3n) is 3.39. The molecule has 0 aliphatic carbocycles. The minimum atomic E-state index is -0.989. The SMILES string of the molecule is CCCC(C)(O)CNc1cc(C(=O)O)c2ccccc2n1. The second kappa shape index (κ2) is 6.10. The van der Waals surface area contributed by atoms with Gasteiger partial charge in [0, 0.05) is 11.9 Å². The molecule has 2 rings (SSSR count). The standard InChI is InChI=1S/C16H20N2O3/c1-3-8-16(2,21)10-17-14-9-12(15(19)20)11-6-4-5-7-13(11)18-14/h4-7,9,21H,3,8,10H2,1-2H3,(H,17,18)(H,19,20). The van der Waals surface area contributed by atoms with E-state index in [9.17, 15) is 15.0 Å². The van der Waals surface area contributed by atoms with Crippen molar-refractivity contribution in [2.24, 2.45) is 0 Å². The molecule has 1 unspecified atom stereocenters. The molecule has 0 fully saturated rings. The van der Waals surface area contributed by atoms with Gasteiger partial charge in [0.1, 0.15) is 5.82 Å². The molecule has 0 radical (unpaired) electrons. The van der Waals surface area contributed by atoms with E-state index in [0.29, 0.717) is 29.7 Å². The number of nitrogens with zero attached hydrogens (tertiary/aromatic N) is 1. The first-order chi connectivity index (χ1) is 9.93. The molecule has 0 aliphatic rings. The van der Waals surface area contributed by atoms with Gasteiger partial charge in [-0.2, -0.15) is 0 Å². The Bertz CT molecular complexity index is 653. The Morgan fingerprint density at radius 2 is 2.10 bits per heavy atom. The van der Waals surface area contributed by atoms with Crippen LogP contribution < -0.4 is 5.32 Å². The number of aromatic nitrogens is 1. The molecule has 5 nitrogen and oxygen atoms in total. The van der Waals surface area contributed by atoms with Crippen LogP contribution in [0.3, 0.4) is 0 Å². The molecule has 0 amide bonds. The molecule has 1 aromatic heterocycles. The van der Waals surface area contributed by atoms with Crippen molar-refractivity contribution in [3.05, 3.63) is 35.9 Å². The quantitative estimate of drug-likeness (QED) is 0.761. The number of carbonyl (C=O) groups is 1. The van der Waals surface area contributed by atoms with E-state index >= 15 is 0 Å². The number of anilines is 1. The van der Waals surface area contributed by atoms with E-state index in [4.69, 9.17) is 0 Å². The Morgan fingerprint density at radius 3 is 2.76 bits per heavy atom. The highest BCUT2D eigenvalue weighted by Crippen LogP contribution is 2.21. The van der Waals surface area contributed by atoms with E-state index in [0.717, 1.165) is 6.42 Å². The molecule has 21 heavy (non-hydrogen) atoms. The first-order valence-corrected chi connectivity index (χ1v) is 7.02. The molecule has 0 spiro atoms. The molecule has 2 aromatic rings. The lowest BCUT2D eigenvalue weighted by Crippen LogP contribution is -2.33. The maximum absolute atomic E-state index is 11.4. The summed E-state index contributed by atoms with van der Waals surface area (Å²) in [6.45, 7) is 4.08. The van der Waals surface area contributed by atoms with Gasteiger partial charge < -0.3 is 15.5 Å². The van der Waals surface area contributed by atoms with Crippen LogP contribution in [-0.2, 0) is 0 Å². The summed E-state index contributed by atoms with van der Waals surface area (Å²) in [7, 11) is 0. The molecule has 112 valence electrons. The number of aliphatic hydroxyl groups is 1. The van der Waals surface area contributed by atoms with Crippen molar-refractivity contribution in [3.8, 4) is 0 Å². The fraction of sp³-hybridized carbons (Fsp3) is 0.375. The van der Waals surface area contributed by atoms with Crippen molar-refractivity contribution >= 4 is 22.7 Å². The number of rotatable bonds is 6. The van der Waals surface area contributed by atoms with E-state index in [-0.39, 0.29) is 5.56 Å². The number of pyridine rings is 1. The Hall–Kier alpha value is -2.14. The first-order valence-electron chi connectivity index (χ1n) is 7.02. The number of carboxylic acid groups (broad SMARTS) is 1. The zero-order valence-corrected chi connectivity index (χ0v) is 12.3. The van der Waals surface area contributed by atoms with Gasteiger partial charge >= 0.3 is 5.97 Å². The van der Waals surface area contributed by atoms with Crippen LogP contribution in [0.25, 0.3) is 10.9 Å². The van der Waals surface area contributed by atoms with E-state index in [2.05, 4.69) is 10.3 Å². The molecule has 1 aromatic carbocycles. The van der Waals surface area contributed by atoms with Crippen LogP contribution in [0.1, 0.15) is 37.0 Å². The fourth-order valence-electron chi connectivity index (χ4n) is 2.35. The Labute approximate surface area is 123 Å². The normalized spacial score (nSPS) is 13.9. The Morgan fingerprint density at radius 1 is 1.38 bits per heavy atom. The average molecular weight is 288 g/mol. The molecule has 0 bridgehead atoms. The number of benzene rings is 1. The summed E-state index contributed by atoms with van der Waals surface area (Å²) < 4.78 is 0. The number of fused-ring (bicyclic) bond motifs is 1. The number of carboxylic acids is 1. The zero-order chi connectivity index (χ0) is 15.5. The van der Waals surface area contributed by atoms with Crippen molar-refractivity contribution in [1.29, 1.82) is 0 Å². The minimum Gasteiger partial charge on any atom is -0.478 e. The second-order valence-corrected chi connectivity index (χ2v) is 5.48. The minimum absolute atomic E-state index is 0.207. The van der Waals surface area contributed by atoms with Crippen molar-refractivity contribution in [1.82, 2.24) is 4.98 Å². The van der Waals surface area contributed by atoms with Gasteiger partial charge in [-0.05, 0) is 25.5 Å². The van der Waals surface area contributed by atoms with Crippen LogP contribution in [0.2, 0.25) is 0 Å². The van der Waals surface area contributed by atoms with Gasteiger partial charge in [0.05, 0.1) is 16.7 Å². The number of hydrogen-bond donors (Lipinski definition) is 3. The molecular formula is C16H20N2O3. The summed E-state index contributed by atoms with van der Waals surface area (Å²) in [6, 6.07) is 8.63. The third kappa shape index (κ3) is 3.70. The van der Waals surface area contributed by atoms with Crippen LogP contribution in [0.15, 0.2) is 30.3 Å². The van der Waals surface area contributed by atoms with Crippen molar-refractivity contribution in [2.75, 3.05) is 11.9 Å². The summed E-state index contributed by atoms with van der Waals surface area (Å²) in [5.41, 5.74) is -0.0147. The highest BCUT2D eigenvalue weighted by Gasteiger charge is 2.19. The van der Waals surface area contributed by atoms with Crippen LogP contribution in [0.5, 0.6) is 0 Å². The summed E-state index contributed by atoms with van der Waals surface area (Å²) in [6.07, 6.45) is 1.54. The van der Waals surface area contributed by atoms with Gasteiger partial charge in [0.15, 0.2) is 0 Å². The van der Waals surface area contributed by atoms with E-state index in [1.165, 1.54) is 6.07 Å². The van der Waals surface area contributed by atoms with Gasteiger partial charge in [-0.15, -0.1) is 0 Å². The highest BCUT2D eigenvalue weighted by atomic mass is 16.4. The first kappa shape index (κ1) is 15.3. The zero-order valence-electron chi connectivity index (χ0n) is 12.3. The van der Waals surface area contributed by atoms with Crippen molar-refractivity contribution in [3.63, 3.8) is 0 Å². The summed E-state index contributed by atoms with van der Waals surface area (Å²) in [5.74, 6) is -0.528. The lowest BCUT2D eigenvalue weighted by atomic mass is 10.0. The van der Waals surface area contributed by atoms with Gasteiger partial charge in [-0.1, -0.05) is 31.5 Å². The third-order valence-corrected chi connectivity index (χ3v) is 3.39. The topological polar surface area (TPSA) is 82.5 Å². The maximum Gasteiger partial charge on any atom is 0.336 e. The molecule has 0 saturated heterocycles. The number of para-hydroxylation sites is 1. The molecule has 1 heterocycles.